The molecule has 4 amide bonds. The van der Waals surface area contributed by atoms with Crippen molar-refractivity contribution in [2.75, 3.05) is 38.1 Å². The lowest BCUT2D eigenvalue weighted by Gasteiger charge is -2.35. The van der Waals surface area contributed by atoms with Crippen molar-refractivity contribution in [1.82, 2.24) is 25.1 Å². The number of carbonyl (C=O) groups excluding carboxylic acids is 4. The van der Waals surface area contributed by atoms with E-state index in [9.17, 15) is 29.1 Å². The first kappa shape index (κ1) is 31.0. The van der Waals surface area contributed by atoms with E-state index >= 15 is 0 Å². The summed E-state index contributed by atoms with van der Waals surface area (Å²) in [5, 5.41) is 14.6. The zero-order chi connectivity index (χ0) is 29.9. The van der Waals surface area contributed by atoms with Crippen molar-refractivity contribution in [2.24, 2.45) is 5.92 Å². The van der Waals surface area contributed by atoms with E-state index in [1.807, 2.05) is 19.9 Å². The van der Waals surface area contributed by atoms with Crippen LogP contribution >= 0.6 is 0 Å². The number of carboxylic acid groups (broad SMARTS) is 1. The lowest BCUT2D eigenvalue weighted by atomic mass is 10.1. The van der Waals surface area contributed by atoms with Crippen LogP contribution in [0.15, 0.2) is 36.4 Å². The number of ether oxygens (including phenoxy) is 1. The molecule has 13 heteroatoms. The van der Waals surface area contributed by atoms with E-state index in [-0.39, 0.29) is 81.2 Å². The van der Waals surface area contributed by atoms with Gasteiger partial charge in [-0.25, -0.2) is 14.8 Å². The van der Waals surface area contributed by atoms with E-state index in [0.717, 1.165) is 0 Å². The molecular weight excluding hydrogens is 532 g/mol. The summed E-state index contributed by atoms with van der Waals surface area (Å²) in [4.78, 5) is 74.2. The van der Waals surface area contributed by atoms with Crippen molar-refractivity contribution in [3.8, 4) is 11.4 Å². The molecule has 0 unspecified atom stereocenters. The molecule has 1 aliphatic heterocycles. The topological polar surface area (TPSA) is 171 Å². The Morgan fingerprint density at radius 2 is 1.66 bits per heavy atom. The maximum Gasteiger partial charge on any atom is 0.409 e. The molecule has 0 saturated carbocycles. The Labute approximate surface area is 238 Å². The summed E-state index contributed by atoms with van der Waals surface area (Å²) >= 11 is 0. The largest absolute Gasteiger partial charge is 0.481 e. The van der Waals surface area contributed by atoms with Gasteiger partial charge in [-0.3, -0.25) is 19.2 Å². The zero-order valence-electron chi connectivity index (χ0n) is 23.5. The Morgan fingerprint density at radius 1 is 1.00 bits per heavy atom. The van der Waals surface area contributed by atoms with Crippen LogP contribution in [0, 0.1) is 5.92 Å². The van der Waals surface area contributed by atoms with Gasteiger partial charge in [-0.15, -0.1) is 0 Å². The molecule has 1 saturated heterocycles. The predicted octanol–water partition coefficient (Wildman–Crippen LogP) is 2.39. The average Bonchev–Trinajstić information content (AvgIpc) is 2.94. The third-order valence-electron chi connectivity index (χ3n) is 6.22. The fourth-order valence-electron chi connectivity index (χ4n) is 4.21. The minimum absolute atomic E-state index is 0.0982. The molecule has 1 fully saturated rings. The average molecular weight is 569 g/mol. The number of carbonyl (C=O) groups is 5. The van der Waals surface area contributed by atoms with Crippen molar-refractivity contribution in [3.63, 3.8) is 0 Å². The van der Waals surface area contributed by atoms with Gasteiger partial charge in [-0.05, 0) is 19.3 Å². The Hall–Kier alpha value is -4.55. The van der Waals surface area contributed by atoms with Crippen molar-refractivity contribution in [1.29, 1.82) is 0 Å². The first-order chi connectivity index (χ1) is 19.6. The third kappa shape index (κ3) is 9.26. The highest BCUT2D eigenvalue weighted by Crippen LogP contribution is 2.19. The number of rotatable bonds is 11. The molecule has 220 valence electrons. The smallest absolute Gasteiger partial charge is 0.409 e. The van der Waals surface area contributed by atoms with Crippen LogP contribution in [0.5, 0.6) is 0 Å². The second-order valence-corrected chi connectivity index (χ2v) is 9.94. The monoisotopic (exact) mass is 568 g/mol. The zero-order valence-corrected chi connectivity index (χ0v) is 23.5. The van der Waals surface area contributed by atoms with Gasteiger partial charge in [-0.1, -0.05) is 44.2 Å². The number of benzene rings is 1. The maximum absolute atomic E-state index is 13.4. The molecule has 3 N–H and O–H groups in total. The molecule has 13 nitrogen and oxygen atoms in total. The summed E-state index contributed by atoms with van der Waals surface area (Å²) in [7, 11) is 0. The third-order valence-corrected chi connectivity index (χ3v) is 6.22. The Morgan fingerprint density at radius 3 is 2.27 bits per heavy atom. The maximum atomic E-state index is 13.4. The minimum Gasteiger partial charge on any atom is -0.481 e. The highest BCUT2D eigenvalue weighted by molar-refractivity contribution is 5.98. The Bertz CT molecular complexity index is 1250. The first-order valence-electron chi connectivity index (χ1n) is 13.5. The van der Waals surface area contributed by atoms with Crippen LogP contribution in [0.4, 0.5) is 10.6 Å². The van der Waals surface area contributed by atoms with Gasteiger partial charge in [0.2, 0.25) is 11.8 Å². The van der Waals surface area contributed by atoms with Gasteiger partial charge < -0.3 is 30.3 Å². The fourth-order valence-corrected chi connectivity index (χ4v) is 4.21. The molecule has 0 spiro atoms. The molecule has 0 radical (unpaired) electrons. The molecule has 0 aliphatic carbocycles. The highest BCUT2D eigenvalue weighted by atomic mass is 16.6. The minimum atomic E-state index is -1.15. The summed E-state index contributed by atoms with van der Waals surface area (Å²) in [6, 6.07) is 9.06. The van der Waals surface area contributed by atoms with Crippen LogP contribution in [-0.2, 0) is 19.1 Å². The van der Waals surface area contributed by atoms with Crippen molar-refractivity contribution < 1.29 is 33.8 Å². The molecule has 0 bridgehead atoms. The number of hydrogen-bond acceptors (Lipinski definition) is 8. The van der Waals surface area contributed by atoms with Crippen LogP contribution < -0.4 is 10.6 Å². The number of aromatic nitrogens is 2. The van der Waals surface area contributed by atoms with Gasteiger partial charge in [0.15, 0.2) is 5.82 Å². The van der Waals surface area contributed by atoms with Crippen molar-refractivity contribution in [3.05, 3.63) is 42.1 Å². The van der Waals surface area contributed by atoms with Gasteiger partial charge in [0.05, 0.1) is 6.61 Å². The highest BCUT2D eigenvalue weighted by Gasteiger charge is 2.31. The van der Waals surface area contributed by atoms with Gasteiger partial charge in [0.25, 0.3) is 5.91 Å². The van der Waals surface area contributed by atoms with Crippen molar-refractivity contribution in [2.45, 2.75) is 46.1 Å². The summed E-state index contributed by atoms with van der Waals surface area (Å²) in [6.07, 6.45) is -0.715. The molecule has 3 rings (SSSR count). The van der Waals surface area contributed by atoms with E-state index < -0.39 is 29.9 Å². The van der Waals surface area contributed by atoms with E-state index in [0.29, 0.717) is 5.56 Å². The predicted molar refractivity (Wildman–Crippen MR) is 149 cm³/mol. The number of carboxylic acids is 1. The molecule has 41 heavy (non-hydrogen) atoms. The number of anilines is 1. The van der Waals surface area contributed by atoms with Crippen LogP contribution in [0.1, 0.15) is 50.5 Å². The first-order valence-corrected chi connectivity index (χ1v) is 13.5. The fraction of sp³-hybridized carbons (Fsp3) is 0.464. The van der Waals surface area contributed by atoms with Gasteiger partial charge in [-0.2, -0.15) is 0 Å². The molecule has 2 aromatic rings. The van der Waals surface area contributed by atoms with E-state index in [1.165, 1.54) is 15.9 Å². The number of nitrogens with one attached hydrogen (secondary N) is 2. The van der Waals surface area contributed by atoms with E-state index in [4.69, 9.17) is 4.74 Å². The van der Waals surface area contributed by atoms with Crippen molar-refractivity contribution >= 4 is 35.6 Å². The molecule has 1 aromatic heterocycles. The van der Waals surface area contributed by atoms with Crippen LogP contribution in [-0.4, -0.2) is 93.5 Å². The Balaban J connectivity index is 1.82. The number of piperazine rings is 1. The number of aliphatic carboxylic acids is 1. The Kier molecular flexibility index (Phi) is 11.1. The lowest BCUT2D eigenvalue weighted by molar-refractivity contribution is -0.138. The molecule has 1 aliphatic rings. The second-order valence-electron chi connectivity index (χ2n) is 9.94. The molecule has 1 aromatic carbocycles. The normalized spacial score (nSPS) is 13.9. The quantitative estimate of drug-likeness (QED) is 0.368. The molecule has 2 heterocycles. The van der Waals surface area contributed by atoms with Crippen LogP contribution in [0.2, 0.25) is 0 Å². The summed E-state index contributed by atoms with van der Waals surface area (Å²) in [5.41, 5.74) is 0.512. The standard InChI is InChI=1S/C28H36N6O7/c1-4-41-28(40)34-14-12-33(13-15-34)27(39)20(10-11-24(36)37)30-26(38)21-17-22(31-23(35)16-18(2)3)32-25(29-21)19-8-6-5-7-9-19/h5-9,17-18,20H,4,10-16H2,1-3H3,(H,30,38)(H,36,37)(H,29,31,32,35)/t20-/m0/s1. The van der Waals surface area contributed by atoms with E-state index in [2.05, 4.69) is 20.6 Å². The van der Waals surface area contributed by atoms with Crippen LogP contribution in [0.25, 0.3) is 11.4 Å². The van der Waals surface area contributed by atoms with Gasteiger partial charge in [0, 0.05) is 50.7 Å². The number of amides is 4. The summed E-state index contributed by atoms with van der Waals surface area (Å²) < 4.78 is 5.01. The lowest BCUT2D eigenvalue weighted by Crippen LogP contribution is -2.56. The van der Waals surface area contributed by atoms with Gasteiger partial charge in [0.1, 0.15) is 17.6 Å². The summed E-state index contributed by atoms with van der Waals surface area (Å²) in [6.45, 7) is 6.64. The summed E-state index contributed by atoms with van der Waals surface area (Å²) in [5.74, 6) is -2.16. The van der Waals surface area contributed by atoms with E-state index in [1.54, 1.807) is 31.2 Å². The second kappa shape index (κ2) is 14.7. The molecular formula is C28H36N6O7. The van der Waals surface area contributed by atoms with Crippen LogP contribution in [0.3, 0.4) is 0 Å². The number of hydrogen-bond donors (Lipinski definition) is 3. The molecule has 1 atom stereocenters. The van der Waals surface area contributed by atoms with Gasteiger partial charge >= 0.3 is 12.1 Å². The number of nitrogens with zero attached hydrogens (tertiary/aromatic N) is 4. The SMILES string of the molecule is CCOC(=O)N1CCN(C(=O)[C@H](CCC(=O)O)NC(=O)c2cc(NC(=O)CC(C)C)nc(-c3ccccc3)n2)CC1.